The van der Waals surface area contributed by atoms with E-state index >= 15 is 0 Å². The van der Waals surface area contributed by atoms with Crippen molar-refractivity contribution in [2.24, 2.45) is 0 Å². The summed E-state index contributed by atoms with van der Waals surface area (Å²) in [5, 5.41) is 3.14. The van der Waals surface area contributed by atoms with E-state index in [1.54, 1.807) is 0 Å². The number of halogens is 2. The van der Waals surface area contributed by atoms with Crippen molar-refractivity contribution in [2.75, 3.05) is 0 Å². The lowest BCUT2D eigenvalue weighted by molar-refractivity contribution is 0.560. The van der Waals surface area contributed by atoms with Crippen molar-refractivity contribution in [3.05, 3.63) is 70.8 Å². The Morgan fingerprint density at radius 2 is 1.67 bits per heavy atom. The third-order valence-electron chi connectivity index (χ3n) is 2.78. The Morgan fingerprint density at radius 3 is 2.33 bits per heavy atom. The highest BCUT2D eigenvalue weighted by molar-refractivity contribution is 5.22. The Morgan fingerprint density at radius 1 is 0.944 bits per heavy atom. The van der Waals surface area contributed by atoms with Crippen LogP contribution in [0.1, 0.15) is 16.7 Å². The topological polar surface area (TPSA) is 12.0 Å². The molecule has 18 heavy (non-hydrogen) atoms. The first kappa shape index (κ1) is 12.7. The Balaban J connectivity index is 1.90. The molecule has 2 aromatic carbocycles. The van der Waals surface area contributed by atoms with Gasteiger partial charge in [-0.15, -0.1) is 0 Å². The van der Waals surface area contributed by atoms with E-state index in [4.69, 9.17) is 0 Å². The highest BCUT2D eigenvalue weighted by Crippen LogP contribution is 2.09. The lowest BCUT2D eigenvalue weighted by atomic mass is 10.1. The molecule has 0 aromatic heterocycles. The van der Waals surface area contributed by atoms with Crippen molar-refractivity contribution in [1.82, 2.24) is 5.32 Å². The van der Waals surface area contributed by atoms with Crippen LogP contribution in [0.3, 0.4) is 0 Å². The van der Waals surface area contributed by atoms with Crippen LogP contribution in [-0.2, 0) is 13.1 Å². The summed E-state index contributed by atoms with van der Waals surface area (Å²) in [5.41, 5.74) is 2.83. The number of rotatable bonds is 4. The fraction of sp³-hybridized carbons (Fsp3) is 0.200. The van der Waals surface area contributed by atoms with Crippen LogP contribution in [0.4, 0.5) is 8.78 Å². The van der Waals surface area contributed by atoms with Gasteiger partial charge in [-0.25, -0.2) is 8.78 Å². The number of hydrogen-bond donors (Lipinski definition) is 1. The lowest BCUT2D eigenvalue weighted by Crippen LogP contribution is -2.13. The Hall–Kier alpha value is -1.74. The number of hydrogen-bond acceptors (Lipinski definition) is 1. The summed E-state index contributed by atoms with van der Waals surface area (Å²) in [6.07, 6.45) is 0. The first-order valence-corrected chi connectivity index (χ1v) is 5.85. The molecule has 0 spiro atoms. The van der Waals surface area contributed by atoms with Crippen LogP contribution in [0.25, 0.3) is 0 Å². The van der Waals surface area contributed by atoms with E-state index in [1.807, 2.05) is 31.2 Å². The molecule has 0 saturated carbocycles. The minimum atomic E-state index is -0.546. The Kier molecular flexibility index (Phi) is 4.05. The summed E-state index contributed by atoms with van der Waals surface area (Å²) in [4.78, 5) is 0. The minimum absolute atomic E-state index is 0.389. The molecule has 0 saturated heterocycles. The number of benzene rings is 2. The van der Waals surface area contributed by atoms with Crippen LogP contribution >= 0.6 is 0 Å². The normalized spacial score (nSPS) is 10.6. The second-order valence-corrected chi connectivity index (χ2v) is 4.32. The van der Waals surface area contributed by atoms with Crippen molar-refractivity contribution in [3.8, 4) is 0 Å². The zero-order chi connectivity index (χ0) is 13.0. The molecule has 2 aromatic rings. The molecule has 0 fully saturated rings. The lowest BCUT2D eigenvalue weighted by Gasteiger charge is -2.06. The zero-order valence-corrected chi connectivity index (χ0v) is 10.2. The molecule has 1 N–H and O–H groups in total. The SMILES string of the molecule is Cc1ccc(CNCc2ccc(F)cc2F)cc1. The molecule has 0 radical (unpaired) electrons. The van der Waals surface area contributed by atoms with Crippen LogP contribution in [-0.4, -0.2) is 0 Å². The first-order chi connectivity index (χ1) is 8.65. The van der Waals surface area contributed by atoms with E-state index in [2.05, 4.69) is 5.32 Å². The van der Waals surface area contributed by atoms with E-state index < -0.39 is 11.6 Å². The van der Waals surface area contributed by atoms with Gasteiger partial charge in [0, 0.05) is 24.7 Å². The molecule has 0 aliphatic carbocycles. The van der Waals surface area contributed by atoms with Crippen molar-refractivity contribution < 1.29 is 8.78 Å². The largest absolute Gasteiger partial charge is 0.309 e. The minimum Gasteiger partial charge on any atom is -0.309 e. The van der Waals surface area contributed by atoms with Crippen LogP contribution < -0.4 is 5.32 Å². The van der Waals surface area contributed by atoms with E-state index in [-0.39, 0.29) is 0 Å². The van der Waals surface area contributed by atoms with Crippen molar-refractivity contribution in [3.63, 3.8) is 0 Å². The van der Waals surface area contributed by atoms with Gasteiger partial charge in [-0.2, -0.15) is 0 Å². The van der Waals surface area contributed by atoms with Gasteiger partial charge in [0.1, 0.15) is 11.6 Å². The van der Waals surface area contributed by atoms with E-state index in [1.165, 1.54) is 17.7 Å². The van der Waals surface area contributed by atoms with E-state index in [0.29, 0.717) is 18.7 Å². The van der Waals surface area contributed by atoms with Gasteiger partial charge >= 0.3 is 0 Å². The summed E-state index contributed by atoms with van der Waals surface area (Å²) in [7, 11) is 0. The van der Waals surface area contributed by atoms with Gasteiger partial charge in [0.2, 0.25) is 0 Å². The molecule has 94 valence electrons. The summed E-state index contributed by atoms with van der Waals surface area (Å²) in [6, 6.07) is 11.8. The molecular formula is C15H15F2N. The molecule has 1 nitrogen and oxygen atoms in total. The van der Waals surface area contributed by atoms with Gasteiger partial charge < -0.3 is 5.32 Å². The molecule has 0 heterocycles. The quantitative estimate of drug-likeness (QED) is 0.871. The van der Waals surface area contributed by atoms with Crippen molar-refractivity contribution in [2.45, 2.75) is 20.0 Å². The fourth-order valence-corrected chi connectivity index (χ4v) is 1.71. The van der Waals surface area contributed by atoms with E-state index in [0.717, 1.165) is 11.6 Å². The summed E-state index contributed by atoms with van der Waals surface area (Å²) in [5.74, 6) is -1.05. The predicted molar refractivity (Wildman–Crippen MR) is 68.1 cm³/mol. The smallest absolute Gasteiger partial charge is 0.130 e. The predicted octanol–water partition coefficient (Wildman–Crippen LogP) is 3.56. The maximum absolute atomic E-state index is 13.3. The molecule has 0 unspecified atom stereocenters. The second kappa shape index (κ2) is 5.74. The summed E-state index contributed by atoms with van der Waals surface area (Å²) < 4.78 is 26.1. The molecule has 0 aliphatic rings. The second-order valence-electron chi connectivity index (χ2n) is 4.32. The molecule has 0 amide bonds. The van der Waals surface area contributed by atoms with Gasteiger partial charge in [-0.3, -0.25) is 0 Å². The number of nitrogens with one attached hydrogen (secondary N) is 1. The first-order valence-electron chi connectivity index (χ1n) is 5.85. The van der Waals surface area contributed by atoms with Crippen LogP contribution in [0, 0.1) is 18.6 Å². The maximum atomic E-state index is 13.3. The molecule has 0 atom stereocenters. The zero-order valence-electron chi connectivity index (χ0n) is 10.2. The molecule has 3 heteroatoms. The maximum Gasteiger partial charge on any atom is 0.130 e. The van der Waals surface area contributed by atoms with Crippen molar-refractivity contribution in [1.29, 1.82) is 0 Å². The average Bonchev–Trinajstić information content (AvgIpc) is 2.34. The van der Waals surface area contributed by atoms with Crippen LogP contribution in [0.2, 0.25) is 0 Å². The average molecular weight is 247 g/mol. The summed E-state index contributed by atoms with van der Waals surface area (Å²) >= 11 is 0. The molecule has 2 rings (SSSR count). The fourth-order valence-electron chi connectivity index (χ4n) is 1.71. The molecule has 0 bridgehead atoms. The number of aryl methyl sites for hydroxylation is 1. The van der Waals surface area contributed by atoms with Crippen molar-refractivity contribution >= 4 is 0 Å². The van der Waals surface area contributed by atoms with Gasteiger partial charge in [0.05, 0.1) is 0 Å². The highest BCUT2D eigenvalue weighted by Gasteiger charge is 2.03. The highest BCUT2D eigenvalue weighted by atomic mass is 19.1. The van der Waals surface area contributed by atoms with Crippen LogP contribution in [0.15, 0.2) is 42.5 Å². The van der Waals surface area contributed by atoms with Gasteiger partial charge in [0.25, 0.3) is 0 Å². The van der Waals surface area contributed by atoms with Crippen LogP contribution in [0.5, 0.6) is 0 Å². The molecular weight excluding hydrogens is 232 g/mol. The monoisotopic (exact) mass is 247 g/mol. The third-order valence-corrected chi connectivity index (χ3v) is 2.78. The van der Waals surface area contributed by atoms with E-state index in [9.17, 15) is 8.78 Å². The third kappa shape index (κ3) is 3.37. The molecule has 0 aliphatic heterocycles. The van der Waals surface area contributed by atoms with Gasteiger partial charge in [0.15, 0.2) is 0 Å². The van der Waals surface area contributed by atoms with Gasteiger partial charge in [-0.1, -0.05) is 35.9 Å². The standard InChI is InChI=1S/C15H15F2N/c1-11-2-4-12(5-3-11)9-18-10-13-6-7-14(16)8-15(13)17/h2-8,18H,9-10H2,1H3. The Bertz CT molecular complexity index is 521. The summed E-state index contributed by atoms with van der Waals surface area (Å²) in [6.45, 7) is 3.09. The Labute approximate surface area is 105 Å². The van der Waals surface area contributed by atoms with Gasteiger partial charge in [-0.05, 0) is 18.6 Å².